The van der Waals surface area contributed by atoms with E-state index in [2.05, 4.69) is 18.9 Å². The van der Waals surface area contributed by atoms with E-state index in [1.54, 1.807) is 11.3 Å². The topological polar surface area (TPSA) is 47.4 Å². The fraction of sp³-hybridized carbons (Fsp3) is 0.647. The van der Waals surface area contributed by atoms with Crippen LogP contribution >= 0.6 is 11.3 Å². The minimum Gasteiger partial charge on any atom is -0.381 e. The van der Waals surface area contributed by atoms with E-state index in [1.807, 2.05) is 22.7 Å². The standard InChI is InChI=1S/C17H23N3O2S/c1-11(2)14-12-8-13(23-16(12)19(3)18-14)15(21)20-6-4-17(9-20)5-7-22-10-17/h8,11H,4-7,9-10H2,1-3H3/t17-/m0/s1. The van der Waals surface area contributed by atoms with Gasteiger partial charge in [-0.25, -0.2) is 0 Å². The van der Waals surface area contributed by atoms with Gasteiger partial charge in [-0.2, -0.15) is 5.10 Å². The molecular formula is C17H23N3O2S. The van der Waals surface area contributed by atoms with Crippen LogP contribution in [0, 0.1) is 5.41 Å². The number of aryl methyl sites for hydroxylation is 1. The van der Waals surface area contributed by atoms with Crippen LogP contribution in [0.25, 0.3) is 10.2 Å². The number of ether oxygens (including phenoxy) is 1. The molecule has 0 aromatic carbocycles. The summed E-state index contributed by atoms with van der Waals surface area (Å²) in [7, 11) is 1.96. The van der Waals surface area contributed by atoms with Gasteiger partial charge in [-0.15, -0.1) is 11.3 Å². The molecule has 0 unspecified atom stereocenters. The van der Waals surface area contributed by atoms with Crippen molar-refractivity contribution in [1.29, 1.82) is 0 Å². The first-order valence-electron chi connectivity index (χ1n) is 8.33. The normalized spacial score (nSPS) is 24.6. The van der Waals surface area contributed by atoms with E-state index in [1.165, 1.54) is 0 Å². The molecule has 0 bridgehead atoms. The van der Waals surface area contributed by atoms with Crippen molar-refractivity contribution in [3.63, 3.8) is 0 Å². The Kier molecular flexibility index (Phi) is 3.50. The Morgan fingerprint density at radius 3 is 2.96 bits per heavy atom. The number of hydrogen-bond acceptors (Lipinski definition) is 4. The number of aromatic nitrogens is 2. The quantitative estimate of drug-likeness (QED) is 0.849. The zero-order chi connectivity index (χ0) is 16.2. The Labute approximate surface area is 140 Å². The second-order valence-corrected chi connectivity index (χ2v) is 8.30. The van der Waals surface area contributed by atoms with Crippen LogP contribution in [-0.4, -0.2) is 46.9 Å². The molecule has 2 saturated heterocycles. The minimum absolute atomic E-state index is 0.171. The predicted octanol–water partition coefficient (Wildman–Crippen LogP) is 3.01. The summed E-state index contributed by atoms with van der Waals surface area (Å²) in [6.45, 7) is 7.64. The Morgan fingerprint density at radius 1 is 1.43 bits per heavy atom. The van der Waals surface area contributed by atoms with Crippen LogP contribution in [0.15, 0.2) is 6.07 Å². The maximum absolute atomic E-state index is 12.9. The third-order valence-electron chi connectivity index (χ3n) is 5.21. The van der Waals surface area contributed by atoms with E-state index >= 15 is 0 Å². The predicted molar refractivity (Wildman–Crippen MR) is 91.1 cm³/mol. The first kappa shape index (κ1) is 15.1. The summed E-state index contributed by atoms with van der Waals surface area (Å²) in [6, 6.07) is 2.04. The molecule has 2 aromatic rings. The SMILES string of the molecule is CC(C)c1nn(C)c2sc(C(=O)N3CC[C@]4(CCOC4)C3)cc12. The summed E-state index contributed by atoms with van der Waals surface area (Å²) in [5.41, 5.74) is 1.30. The molecule has 2 fully saturated rings. The minimum atomic E-state index is 0.171. The zero-order valence-corrected chi connectivity index (χ0v) is 14.8. The maximum atomic E-state index is 12.9. The van der Waals surface area contributed by atoms with Gasteiger partial charge in [0.2, 0.25) is 0 Å². The van der Waals surface area contributed by atoms with Gasteiger partial charge in [0, 0.05) is 37.5 Å². The molecule has 6 heteroatoms. The van der Waals surface area contributed by atoms with E-state index in [0.717, 1.165) is 59.9 Å². The molecule has 1 amide bonds. The van der Waals surface area contributed by atoms with Crippen LogP contribution in [0.4, 0.5) is 0 Å². The Bertz CT molecular complexity index is 755. The second-order valence-electron chi connectivity index (χ2n) is 7.27. The van der Waals surface area contributed by atoms with Crippen molar-refractivity contribution in [2.24, 2.45) is 12.5 Å². The monoisotopic (exact) mass is 333 g/mol. The van der Waals surface area contributed by atoms with E-state index in [-0.39, 0.29) is 11.3 Å². The highest BCUT2D eigenvalue weighted by Crippen LogP contribution is 2.39. The van der Waals surface area contributed by atoms with Crippen molar-refractivity contribution in [3.05, 3.63) is 16.6 Å². The molecule has 4 heterocycles. The lowest BCUT2D eigenvalue weighted by molar-refractivity contribution is 0.0770. The fourth-order valence-corrected chi connectivity index (χ4v) is 4.88. The number of thiophene rings is 1. The van der Waals surface area contributed by atoms with Gasteiger partial charge in [0.15, 0.2) is 0 Å². The molecule has 1 spiro atoms. The summed E-state index contributed by atoms with van der Waals surface area (Å²) in [6.07, 6.45) is 2.16. The molecule has 1 atom stereocenters. The molecule has 2 aliphatic heterocycles. The third-order valence-corrected chi connectivity index (χ3v) is 6.40. The number of rotatable bonds is 2. The van der Waals surface area contributed by atoms with Crippen LogP contribution < -0.4 is 0 Å². The summed E-state index contributed by atoms with van der Waals surface area (Å²) >= 11 is 1.57. The van der Waals surface area contributed by atoms with Crippen molar-refractivity contribution in [2.45, 2.75) is 32.6 Å². The number of carbonyl (C=O) groups is 1. The first-order chi connectivity index (χ1) is 11.0. The van der Waals surface area contributed by atoms with Crippen LogP contribution in [0.2, 0.25) is 0 Å². The van der Waals surface area contributed by atoms with Gasteiger partial charge in [-0.05, 0) is 24.8 Å². The highest BCUT2D eigenvalue weighted by atomic mass is 32.1. The van der Waals surface area contributed by atoms with E-state index in [0.29, 0.717) is 5.92 Å². The van der Waals surface area contributed by atoms with Crippen molar-refractivity contribution in [1.82, 2.24) is 14.7 Å². The molecule has 5 nitrogen and oxygen atoms in total. The van der Waals surface area contributed by atoms with Crippen LogP contribution in [0.1, 0.15) is 48.0 Å². The van der Waals surface area contributed by atoms with Crippen molar-refractivity contribution in [3.8, 4) is 0 Å². The second kappa shape index (κ2) is 5.31. The number of likely N-dealkylation sites (tertiary alicyclic amines) is 1. The molecule has 2 aromatic heterocycles. The van der Waals surface area contributed by atoms with Crippen LogP contribution in [-0.2, 0) is 11.8 Å². The maximum Gasteiger partial charge on any atom is 0.264 e. The van der Waals surface area contributed by atoms with E-state index in [9.17, 15) is 4.79 Å². The Morgan fingerprint density at radius 2 is 2.26 bits per heavy atom. The molecular weight excluding hydrogens is 310 g/mol. The Hall–Kier alpha value is -1.40. The Balaban J connectivity index is 1.62. The van der Waals surface area contributed by atoms with Crippen molar-refractivity contribution < 1.29 is 9.53 Å². The van der Waals surface area contributed by atoms with Crippen molar-refractivity contribution in [2.75, 3.05) is 26.3 Å². The van der Waals surface area contributed by atoms with Gasteiger partial charge in [-0.3, -0.25) is 9.48 Å². The summed E-state index contributed by atoms with van der Waals surface area (Å²) in [5.74, 6) is 0.534. The lowest BCUT2D eigenvalue weighted by Crippen LogP contribution is -2.32. The molecule has 23 heavy (non-hydrogen) atoms. The van der Waals surface area contributed by atoms with Gasteiger partial charge in [-0.1, -0.05) is 13.8 Å². The number of hydrogen-bond donors (Lipinski definition) is 0. The van der Waals surface area contributed by atoms with Gasteiger partial charge in [0.25, 0.3) is 5.91 Å². The fourth-order valence-electron chi connectivity index (χ4n) is 3.83. The molecule has 0 saturated carbocycles. The third kappa shape index (κ3) is 2.39. The highest BCUT2D eigenvalue weighted by Gasteiger charge is 2.43. The summed E-state index contributed by atoms with van der Waals surface area (Å²) in [4.78, 5) is 16.9. The van der Waals surface area contributed by atoms with Gasteiger partial charge in [0.05, 0.1) is 17.2 Å². The average molecular weight is 333 g/mol. The lowest BCUT2D eigenvalue weighted by atomic mass is 9.87. The van der Waals surface area contributed by atoms with Crippen molar-refractivity contribution >= 4 is 27.5 Å². The number of fused-ring (bicyclic) bond motifs is 1. The highest BCUT2D eigenvalue weighted by molar-refractivity contribution is 7.20. The molecule has 2 aliphatic rings. The van der Waals surface area contributed by atoms with E-state index in [4.69, 9.17) is 4.74 Å². The zero-order valence-electron chi connectivity index (χ0n) is 14.0. The first-order valence-corrected chi connectivity index (χ1v) is 9.14. The molecule has 0 N–H and O–H groups in total. The molecule has 0 aliphatic carbocycles. The molecule has 4 rings (SSSR count). The number of carbonyl (C=O) groups excluding carboxylic acids is 1. The number of amides is 1. The molecule has 0 radical (unpaired) electrons. The van der Waals surface area contributed by atoms with Crippen LogP contribution in [0.5, 0.6) is 0 Å². The summed E-state index contributed by atoms with van der Waals surface area (Å²) < 4.78 is 7.47. The molecule has 124 valence electrons. The van der Waals surface area contributed by atoms with Crippen LogP contribution in [0.3, 0.4) is 0 Å². The summed E-state index contributed by atoms with van der Waals surface area (Å²) in [5, 5.41) is 5.72. The number of nitrogens with zero attached hydrogens (tertiary/aromatic N) is 3. The lowest BCUT2D eigenvalue weighted by Gasteiger charge is -2.21. The van der Waals surface area contributed by atoms with Gasteiger partial charge in [0.1, 0.15) is 4.83 Å². The smallest absolute Gasteiger partial charge is 0.264 e. The largest absolute Gasteiger partial charge is 0.381 e. The van der Waals surface area contributed by atoms with Gasteiger partial charge >= 0.3 is 0 Å². The van der Waals surface area contributed by atoms with E-state index < -0.39 is 0 Å². The van der Waals surface area contributed by atoms with Gasteiger partial charge < -0.3 is 9.64 Å². The average Bonchev–Trinajstić information content (AvgIpc) is 3.26.